The molecule has 0 amide bonds. The number of pyridine rings is 1. The average Bonchev–Trinajstić information content (AvgIpc) is 3.09. The van der Waals surface area contributed by atoms with Gasteiger partial charge in [0.15, 0.2) is 0 Å². The molecule has 2 heterocycles. The standard InChI is InChI=1S/C20H19ClN2O2/c21-16-5-3-6-17(11-16)25-18-8-9-23(12-18)20-15(13-24)10-14-4-1-2-7-19(14)22-20/h1-7,10-11,18,24H,8-9,12-13H2. The van der Waals surface area contributed by atoms with Crippen LogP contribution < -0.4 is 9.64 Å². The predicted octanol–water partition coefficient (Wildman–Crippen LogP) is 4.04. The molecule has 4 nitrogen and oxygen atoms in total. The number of aromatic nitrogens is 1. The summed E-state index contributed by atoms with van der Waals surface area (Å²) in [4.78, 5) is 6.96. The van der Waals surface area contributed by atoms with Crippen molar-refractivity contribution in [3.8, 4) is 5.75 Å². The Morgan fingerprint density at radius 1 is 1.16 bits per heavy atom. The number of halogens is 1. The van der Waals surface area contributed by atoms with Gasteiger partial charge >= 0.3 is 0 Å². The summed E-state index contributed by atoms with van der Waals surface area (Å²) in [6.07, 6.45) is 0.990. The van der Waals surface area contributed by atoms with Crippen molar-refractivity contribution in [2.24, 2.45) is 0 Å². The number of hydrogen-bond donors (Lipinski definition) is 1. The number of rotatable bonds is 4. The van der Waals surface area contributed by atoms with E-state index in [-0.39, 0.29) is 12.7 Å². The van der Waals surface area contributed by atoms with Crippen molar-refractivity contribution in [2.75, 3.05) is 18.0 Å². The van der Waals surface area contributed by atoms with Crippen molar-refractivity contribution < 1.29 is 9.84 Å². The Morgan fingerprint density at radius 2 is 2.04 bits per heavy atom. The second-order valence-electron chi connectivity index (χ2n) is 6.25. The fraction of sp³-hybridized carbons (Fsp3) is 0.250. The number of ether oxygens (including phenoxy) is 1. The van der Waals surface area contributed by atoms with Crippen LogP contribution in [0.5, 0.6) is 5.75 Å². The molecule has 0 saturated carbocycles. The molecule has 128 valence electrons. The summed E-state index contributed by atoms with van der Waals surface area (Å²) in [5.74, 6) is 1.63. The third-order valence-electron chi connectivity index (χ3n) is 4.49. The second-order valence-corrected chi connectivity index (χ2v) is 6.69. The number of fused-ring (bicyclic) bond motifs is 1. The molecule has 1 aliphatic rings. The Morgan fingerprint density at radius 3 is 2.88 bits per heavy atom. The second kappa shape index (κ2) is 6.90. The summed E-state index contributed by atoms with van der Waals surface area (Å²) in [5, 5.41) is 11.5. The maximum absolute atomic E-state index is 9.76. The molecule has 2 aromatic carbocycles. The van der Waals surface area contributed by atoms with Crippen LogP contribution in [0.2, 0.25) is 5.02 Å². The van der Waals surface area contributed by atoms with Crippen LogP contribution in [0.25, 0.3) is 10.9 Å². The summed E-state index contributed by atoms with van der Waals surface area (Å²) in [6.45, 7) is 1.57. The molecule has 1 N–H and O–H groups in total. The number of benzene rings is 2. The molecule has 0 aliphatic carbocycles. The molecule has 0 bridgehead atoms. The van der Waals surface area contributed by atoms with E-state index >= 15 is 0 Å². The van der Waals surface area contributed by atoms with Gasteiger partial charge in [-0.3, -0.25) is 0 Å². The lowest BCUT2D eigenvalue weighted by atomic mass is 10.1. The Labute approximate surface area is 151 Å². The zero-order chi connectivity index (χ0) is 17.2. The molecule has 1 atom stereocenters. The van der Waals surface area contributed by atoms with Gasteiger partial charge in [-0.15, -0.1) is 0 Å². The Balaban J connectivity index is 1.56. The van der Waals surface area contributed by atoms with Crippen molar-refractivity contribution in [3.05, 3.63) is 65.2 Å². The first-order valence-electron chi connectivity index (χ1n) is 8.39. The number of anilines is 1. The van der Waals surface area contributed by atoms with Crippen LogP contribution in [0.4, 0.5) is 5.82 Å². The summed E-state index contributed by atoms with van der Waals surface area (Å²) >= 11 is 6.02. The Bertz CT molecular complexity index is 900. The van der Waals surface area contributed by atoms with Gasteiger partial charge in [-0.2, -0.15) is 0 Å². The first-order valence-corrected chi connectivity index (χ1v) is 8.77. The lowest BCUT2D eigenvalue weighted by molar-refractivity contribution is 0.225. The first kappa shape index (κ1) is 16.2. The van der Waals surface area contributed by atoms with Crippen molar-refractivity contribution in [3.63, 3.8) is 0 Å². The van der Waals surface area contributed by atoms with Crippen LogP contribution in [-0.2, 0) is 6.61 Å². The molecule has 1 aromatic heterocycles. The number of nitrogens with zero attached hydrogens (tertiary/aromatic N) is 2. The molecule has 25 heavy (non-hydrogen) atoms. The van der Waals surface area contributed by atoms with Crippen LogP contribution in [0.1, 0.15) is 12.0 Å². The summed E-state index contributed by atoms with van der Waals surface area (Å²) in [7, 11) is 0. The molecular weight excluding hydrogens is 336 g/mol. The SMILES string of the molecule is OCc1cc2ccccc2nc1N1CCC(Oc2cccc(Cl)c2)C1. The van der Waals surface area contributed by atoms with Crippen LogP contribution in [-0.4, -0.2) is 29.3 Å². The van der Waals surface area contributed by atoms with Crippen molar-refractivity contribution in [1.29, 1.82) is 0 Å². The van der Waals surface area contributed by atoms with Gasteiger partial charge in [-0.05, 0) is 30.3 Å². The highest BCUT2D eigenvalue weighted by atomic mass is 35.5. The fourth-order valence-corrected chi connectivity index (χ4v) is 3.47. The smallest absolute Gasteiger partial charge is 0.134 e. The van der Waals surface area contributed by atoms with E-state index in [0.29, 0.717) is 5.02 Å². The van der Waals surface area contributed by atoms with Gasteiger partial charge < -0.3 is 14.7 Å². The van der Waals surface area contributed by atoms with Gasteiger partial charge in [0.2, 0.25) is 0 Å². The molecule has 1 saturated heterocycles. The van der Waals surface area contributed by atoms with Crippen LogP contribution in [0.3, 0.4) is 0 Å². The first-order chi connectivity index (χ1) is 12.2. The zero-order valence-corrected chi connectivity index (χ0v) is 14.5. The topological polar surface area (TPSA) is 45.6 Å². The van der Waals surface area contributed by atoms with Gasteiger partial charge in [0.25, 0.3) is 0 Å². The van der Waals surface area contributed by atoms with Gasteiger partial charge in [-0.25, -0.2) is 4.98 Å². The number of para-hydroxylation sites is 1. The maximum atomic E-state index is 9.76. The molecule has 1 fully saturated rings. The van der Waals surface area contributed by atoms with E-state index < -0.39 is 0 Å². The predicted molar refractivity (Wildman–Crippen MR) is 100 cm³/mol. The largest absolute Gasteiger partial charge is 0.488 e. The van der Waals surface area contributed by atoms with E-state index in [9.17, 15) is 5.11 Å². The Kier molecular flexibility index (Phi) is 4.47. The van der Waals surface area contributed by atoms with E-state index in [1.165, 1.54) is 0 Å². The molecule has 0 radical (unpaired) electrons. The minimum absolute atomic E-state index is 0.0243. The monoisotopic (exact) mass is 354 g/mol. The third kappa shape index (κ3) is 3.41. The highest BCUT2D eigenvalue weighted by Crippen LogP contribution is 2.28. The van der Waals surface area contributed by atoms with E-state index in [0.717, 1.165) is 47.5 Å². The average molecular weight is 355 g/mol. The third-order valence-corrected chi connectivity index (χ3v) is 4.73. The summed E-state index contributed by atoms with van der Waals surface area (Å²) < 4.78 is 6.05. The van der Waals surface area contributed by atoms with Crippen molar-refractivity contribution in [2.45, 2.75) is 19.1 Å². The lowest BCUT2D eigenvalue weighted by Crippen LogP contribution is -2.26. The summed E-state index contributed by atoms with van der Waals surface area (Å²) in [6, 6.07) is 17.5. The van der Waals surface area contributed by atoms with Crippen LogP contribution >= 0.6 is 11.6 Å². The molecule has 3 aromatic rings. The van der Waals surface area contributed by atoms with Crippen molar-refractivity contribution >= 4 is 28.3 Å². The van der Waals surface area contributed by atoms with Gasteiger partial charge in [0.1, 0.15) is 17.7 Å². The van der Waals surface area contributed by atoms with Crippen LogP contribution in [0, 0.1) is 0 Å². The number of aliphatic hydroxyl groups excluding tert-OH is 1. The number of aliphatic hydroxyl groups is 1. The van der Waals surface area contributed by atoms with E-state index in [1.54, 1.807) is 0 Å². The highest BCUT2D eigenvalue weighted by molar-refractivity contribution is 6.30. The van der Waals surface area contributed by atoms with Crippen LogP contribution in [0.15, 0.2) is 54.6 Å². The van der Waals surface area contributed by atoms with E-state index in [1.807, 2.05) is 54.6 Å². The number of hydrogen-bond acceptors (Lipinski definition) is 4. The van der Waals surface area contributed by atoms with Gasteiger partial charge in [-0.1, -0.05) is 35.9 Å². The van der Waals surface area contributed by atoms with Gasteiger partial charge in [0.05, 0.1) is 18.7 Å². The molecular formula is C20H19ClN2O2. The lowest BCUT2D eigenvalue weighted by Gasteiger charge is -2.21. The molecule has 1 unspecified atom stereocenters. The molecule has 1 aliphatic heterocycles. The normalized spacial score (nSPS) is 17.2. The molecule has 5 heteroatoms. The summed E-state index contributed by atoms with van der Waals surface area (Å²) in [5.41, 5.74) is 1.79. The highest BCUT2D eigenvalue weighted by Gasteiger charge is 2.26. The van der Waals surface area contributed by atoms with E-state index in [2.05, 4.69) is 4.90 Å². The Hall–Kier alpha value is -2.30. The maximum Gasteiger partial charge on any atom is 0.134 e. The molecule has 0 spiro atoms. The minimum Gasteiger partial charge on any atom is -0.488 e. The quantitative estimate of drug-likeness (QED) is 0.768. The van der Waals surface area contributed by atoms with Gasteiger partial charge in [0, 0.05) is 28.9 Å². The minimum atomic E-state index is -0.0243. The van der Waals surface area contributed by atoms with Crippen molar-refractivity contribution in [1.82, 2.24) is 4.98 Å². The zero-order valence-electron chi connectivity index (χ0n) is 13.7. The molecule has 4 rings (SSSR count). The fourth-order valence-electron chi connectivity index (χ4n) is 3.29. The van der Waals surface area contributed by atoms with E-state index in [4.69, 9.17) is 21.3 Å².